The Morgan fingerprint density at radius 2 is 1.42 bits per heavy atom. The predicted molar refractivity (Wildman–Crippen MR) is 169 cm³/mol. The molecular weight excluding hydrogens is 609 g/mol. The van der Waals surface area contributed by atoms with Crippen LogP contribution in [0.25, 0.3) is 0 Å². The highest BCUT2D eigenvalue weighted by molar-refractivity contribution is 7.92. The highest BCUT2D eigenvalue weighted by atomic mass is 35.5. The topological polar surface area (TPSA) is 96.0 Å². The number of amides is 2. The van der Waals surface area contributed by atoms with Crippen LogP contribution in [-0.2, 0) is 32.6 Å². The Labute approximate surface area is 261 Å². The van der Waals surface area contributed by atoms with Crippen molar-refractivity contribution in [2.45, 2.75) is 23.9 Å². The number of hydrogen-bond acceptors (Lipinski definition) is 5. The number of carbonyl (C=O) groups is 2. The van der Waals surface area contributed by atoms with Crippen molar-refractivity contribution in [1.29, 1.82) is 0 Å². The van der Waals surface area contributed by atoms with Crippen LogP contribution >= 0.6 is 23.2 Å². The summed E-state index contributed by atoms with van der Waals surface area (Å²) in [6.45, 7) is -0.738. The van der Waals surface area contributed by atoms with E-state index in [0.717, 1.165) is 9.87 Å². The normalized spacial score (nSPS) is 11.8. The quantitative estimate of drug-likeness (QED) is 0.218. The highest BCUT2D eigenvalue weighted by Crippen LogP contribution is 2.29. The zero-order valence-electron chi connectivity index (χ0n) is 23.6. The first-order valence-corrected chi connectivity index (χ1v) is 15.5. The Morgan fingerprint density at radius 1 is 0.837 bits per heavy atom. The second-order valence-corrected chi connectivity index (χ2v) is 12.2. The van der Waals surface area contributed by atoms with Crippen molar-refractivity contribution in [3.63, 3.8) is 0 Å². The zero-order valence-corrected chi connectivity index (χ0v) is 25.9. The smallest absolute Gasteiger partial charge is 0.264 e. The number of ether oxygens (including phenoxy) is 1. The van der Waals surface area contributed by atoms with Crippen LogP contribution in [0.2, 0.25) is 10.0 Å². The molecule has 0 unspecified atom stereocenters. The largest absolute Gasteiger partial charge is 0.497 e. The Morgan fingerprint density at radius 3 is 1.98 bits per heavy atom. The molecule has 43 heavy (non-hydrogen) atoms. The van der Waals surface area contributed by atoms with Crippen LogP contribution in [0.4, 0.5) is 5.69 Å². The van der Waals surface area contributed by atoms with Gasteiger partial charge in [-0.15, -0.1) is 0 Å². The van der Waals surface area contributed by atoms with Crippen LogP contribution in [-0.4, -0.2) is 51.9 Å². The van der Waals surface area contributed by atoms with Crippen LogP contribution in [0, 0.1) is 0 Å². The van der Waals surface area contributed by atoms with E-state index in [2.05, 4.69) is 5.32 Å². The van der Waals surface area contributed by atoms with E-state index in [9.17, 15) is 18.0 Å². The molecule has 4 aromatic rings. The summed E-state index contributed by atoms with van der Waals surface area (Å²) < 4.78 is 34.2. The fourth-order valence-electron chi connectivity index (χ4n) is 4.57. The summed E-state index contributed by atoms with van der Waals surface area (Å²) in [6.07, 6.45) is 0.169. The highest BCUT2D eigenvalue weighted by Gasteiger charge is 2.35. The number of rotatable bonds is 12. The fourth-order valence-corrected chi connectivity index (χ4v) is 6.52. The molecule has 0 aliphatic carbocycles. The molecule has 0 spiro atoms. The maximum Gasteiger partial charge on any atom is 0.264 e. The van der Waals surface area contributed by atoms with Gasteiger partial charge >= 0.3 is 0 Å². The van der Waals surface area contributed by atoms with E-state index in [-0.39, 0.29) is 23.5 Å². The van der Waals surface area contributed by atoms with Crippen LogP contribution in [0.5, 0.6) is 5.75 Å². The van der Waals surface area contributed by atoms with E-state index >= 15 is 0 Å². The minimum absolute atomic E-state index is 0.00598. The summed E-state index contributed by atoms with van der Waals surface area (Å²) in [5.74, 6) is -0.539. The van der Waals surface area contributed by atoms with Crippen LogP contribution in [0.1, 0.15) is 11.1 Å². The molecule has 1 atom stereocenters. The number of halogens is 2. The maximum absolute atomic E-state index is 14.3. The Balaban J connectivity index is 1.81. The average Bonchev–Trinajstić information content (AvgIpc) is 3.03. The number of likely N-dealkylation sites (N-methyl/N-ethyl adjacent to an activating group) is 1. The summed E-state index contributed by atoms with van der Waals surface area (Å²) in [4.78, 5) is 29.0. The fraction of sp³-hybridized carbons (Fsp3) is 0.188. The number of sulfonamides is 1. The molecule has 0 heterocycles. The van der Waals surface area contributed by atoms with Gasteiger partial charge in [-0.3, -0.25) is 13.9 Å². The summed E-state index contributed by atoms with van der Waals surface area (Å²) in [7, 11) is -1.23. The lowest BCUT2D eigenvalue weighted by atomic mass is 10.0. The van der Waals surface area contributed by atoms with Crippen molar-refractivity contribution in [3.05, 3.63) is 124 Å². The summed E-state index contributed by atoms with van der Waals surface area (Å²) in [5.41, 5.74) is 1.49. The van der Waals surface area contributed by atoms with Gasteiger partial charge in [0, 0.05) is 35.6 Å². The lowest BCUT2D eigenvalue weighted by Crippen LogP contribution is -2.53. The third kappa shape index (κ3) is 7.67. The van der Waals surface area contributed by atoms with Gasteiger partial charge in [0.1, 0.15) is 18.3 Å². The molecule has 224 valence electrons. The Hall–Kier alpha value is -4.05. The molecule has 0 aliphatic heterocycles. The summed E-state index contributed by atoms with van der Waals surface area (Å²) in [5, 5.41) is 3.26. The van der Waals surface area contributed by atoms with Gasteiger partial charge in [0.2, 0.25) is 11.8 Å². The van der Waals surface area contributed by atoms with Crippen molar-refractivity contribution in [3.8, 4) is 5.75 Å². The third-order valence-electron chi connectivity index (χ3n) is 6.88. The van der Waals surface area contributed by atoms with E-state index in [0.29, 0.717) is 21.4 Å². The first-order chi connectivity index (χ1) is 20.6. The van der Waals surface area contributed by atoms with Crippen molar-refractivity contribution < 1.29 is 22.7 Å². The second kappa shape index (κ2) is 14.4. The molecule has 11 heteroatoms. The number of anilines is 1. The minimum Gasteiger partial charge on any atom is -0.497 e. The number of methoxy groups -OCH3 is 1. The van der Waals surface area contributed by atoms with Gasteiger partial charge in [-0.2, -0.15) is 0 Å². The number of nitrogens with zero attached hydrogens (tertiary/aromatic N) is 2. The van der Waals surface area contributed by atoms with E-state index in [1.807, 2.05) is 30.3 Å². The van der Waals surface area contributed by atoms with Gasteiger partial charge in [-0.25, -0.2) is 8.42 Å². The van der Waals surface area contributed by atoms with E-state index in [1.54, 1.807) is 60.7 Å². The van der Waals surface area contributed by atoms with Crippen LogP contribution < -0.4 is 14.4 Å². The van der Waals surface area contributed by atoms with Gasteiger partial charge in [0.05, 0.1) is 17.7 Å². The number of hydrogen-bond donors (Lipinski definition) is 1. The van der Waals surface area contributed by atoms with E-state index < -0.39 is 34.4 Å². The van der Waals surface area contributed by atoms with Crippen molar-refractivity contribution >= 4 is 50.7 Å². The standard InChI is InChI=1S/C32H31Cl2N3O5S/c1-35-32(39)30(20-23-10-5-3-6-11-23)36(21-27-28(33)14-9-15-29(27)34)31(38)22-37(24-16-18-25(42-2)19-17-24)43(40,41)26-12-7-4-8-13-26/h3-19,30H,20-22H2,1-2H3,(H,35,39)/t30-/m0/s1. The average molecular weight is 641 g/mol. The lowest BCUT2D eigenvalue weighted by Gasteiger charge is -2.34. The van der Waals surface area contributed by atoms with E-state index in [4.69, 9.17) is 27.9 Å². The molecular formula is C32H31Cl2N3O5S. The molecule has 0 aliphatic rings. The van der Waals surface area contributed by atoms with Crippen LogP contribution in [0.15, 0.2) is 108 Å². The van der Waals surface area contributed by atoms with Crippen molar-refractivity contribution in [2.75, 3.05) is 25.0 Å². The molecule has 0 aromatic heterocycles. The van der Waals surface area contributed by atoms with Crippen molar-refractivity contribution in [1.82, 2.24) is 10.2 Å². The van der Waals surface area contributed by atoms with Crippen molar-refractivity contribution in [2.24, 2.45) is 0 Å². The van der Waals surface area contributed by atoms with Gasteiger partial charge < -0.3 is 15.0 Å². The molecule has 0 bridgehead atoms. The van der Waals surface area contributed by atoms with Gasteiger partial charge in [0.15, 0.2) is 0 Å². The maximum atomic E-state index is 14.3. The first kappa shape index (κ1) is 31.9. The molecule has 4 aromatic carbocycles. The molecule has 4 rings (SSSR count). The summed E-state index contributed by atoms with van der Waals surface area (Å²) in [6, 6.07) is 27.3. The SMILES string of the molecule is CNC(=O)[C@H](Cc1ccccc1)N(Cc1c(Cl)cccc1Cl)C(=O)CN(c1ccc(OC)cc1)S(=O)(=O)c1ccccc1. The minimum atomic E-state index is -4.21. The monoisotopic (exact) mass is 639 g/mol. The number of benzene rings is 4. The predicted octanol–water partition coefficient (Wildman–Crippen LogP) is 5.58. The molecule has 8 nitrogen and oxygen atoms in total. The second-order valence-electron chi connectivity index (χ2n) is 9.56. The van der Waals surface area contributed by atoms with E-state index in [1.165, 1.54) is 31.2 Å². The number of nitrogens with one attached hydrogen (secondary N) is 1. The molecule has 0 radical (unpaired) electrons. The van der Waals surface area contributed by atoms with Gasteiger partial charge in [-0.1, -0.05) is 77.8 Å². The van der Waals surface area contributed by atoms with Gasteiger partial charge in [-0.05, 0) is 54.1 Å². The molecule has 1 N–H and O–H groups in total. The molecule has 2 amide bonds. The third-order valence-corrected chi connectivity index (χ3v) is 9.37. The summed E-state index contributed by atoms with van der Waals surface area (Å²) >= 11 is 13.0. The molecule has 0 saturated carbocycles. The first-order valence-electron chi connectivity index (χ1n) is 13.4. The Kier molecular flexibility index (Phi) is 10.7. The zero-order chi connectivity index (χ0) is 31.0. The van der Waals surface area contributed by atoms with Crippen LogP contribution in [0.3, 0.4) is 0 Å². The van der Waals surface area contributed by atoms with Gasteiger partial charge in [0.25, 0.3) is 10.0 Å². The number of carbonyl (C=O) groups excluding carboxylic acids is 2. The Bertz CT molecular complexity index is 1630. The molecule has 0 fully saturated rings. The molecule has 0 saturated heterocycles. The lowest BCUT2D eigenvalue weighted by molar-refractivity contribution is -0.139.